The maximum Gasteiger partial charge on any atom is 0.272 e. The number of para-hydroxylation sites is 1. The van der Waals surface area contributed by atoms with Crippen LogP contribution in [0.3, 0.4) is 0 Å². The second-order valence-corrected chi connectivity index (χ2v) is 10.1. The van der Waals surface area contributed by atoms with Gasteiger partial charge in [-0.3, -0.25) is 19.2 Å². The highest BCUT2D eigenvalue weighted by molar-refractivity contribution is 8.00. The van der Waals surface area contributed by atoms with Crippen molar-refractivity contribution in [3.63, 3.8) is 0 Å². The van der Waals surface area contributed by atoms with Crippen LogP contribution in [-0.4, -0.2) is 29.4 Å². The average Bonchev–Trinajstić information content (AvgIpc) is 2.97. The van der Waals surface area contributed by atoms with Crippen LogP contribution in [0.1, 0.15) is 26.3 Å². The van der Waals surface area contributed by atoms with E-state index in [2.05, 4.69) is 16.0 Å². The van der Waals surface area contributed by atoms with E-state index < -0.39 is 17.7 Å². The van der Waals surface area contributed by atoms with Gasteiger partial charge in [-0.25, -0.2) is 0 Å². The molecular weight excluding hydrogens is 560 g/mol. The molecule has 0 saturated carbocycles. The number of hydrogen-bond donors (Lipinski definition) is 4. The van der Waals surface area contributed by atoms with Crippen molar-refractivity contribution in [3.8, 4) is 0 Å². The Morgan fingerprint density at radius 2 is 1.51 bits per heavy atom. The number of halogens is 1. The maximum absolute atomic E-state index is 13.2. The van der Waals surface area contributed by atoms with Gasteiger partial charge in [-0.2, -0.15) is 0 Å². The first-order chi connectivity index (χ1) is 19.8. The first kappa shape index (κ1) is 29.1. The minimum absolute atomic E-state index is 0.0347. The number of thioether (sulfide) groups is 1. The van der Waals surface area contributed by atoms with Gasteiger partial charge < -0.3 is 21.7 Å². The van der Waals surface area contributed by atoms with Crippen molar-refractivity contribution in [2.45, 2.75) is 4.90 Å². The first-order valence-corrected chi connectivity index (χ1v) is 13.7. The molecular formula is C31H25ClN4O4S. The number of benzene rings is 4. The summed E-state index contributed by atoms with van der Waals surface area (Å²) in [6.07, 6.45) is 1.54. The second-order valence-electron chi connectivity index (χ2n) is 8.66. The Kier molecular flexibility index (Phi) is 9.93. The molecule has 0 aliphatic heterocycles. The van der Waals surface area contributed by atoms with E-state index in [4.69, 9.17) is 17.3 Å². The molecule has 0 aliphatic rings. The number of rotatable bonds is 10. The molecule has 206 valence electrons. The van der Waals surface area contributed by atoms with Crippen LogP contribution < -0.4 is 21.7 Å². The van der Waals surface area contributed by atoms with Gasteiger partial charge in [-0.15, -0.1) is 11.8 Å². The standard InChI is InChI=1S/C31H25ClN4O4S/c32-22-10-6-7-20(17-22)18-27(36-30(39)21-8-2-1-3-9-21)31(40)34-23-13-15-24(16-14-23)41-19-28(37)35-26-12-5-4-11-25(26)29(33)38/h1-18H,19H2,(H2,33,38)(H,34,40)(H,35,37)(H,36,39)/b27-18-. The second kappa shape index (κ2) is 14.0. The van der Waals surface area contributed by atoms with E-state index >= 15 is 0 Å². The molecule has 0 heterocycles. The van der Waals surface area contributed by atoms with E-state index in [-0.39, 0.29) is 22.9 Å². The van der Waals surface area contributed by atoms with E-state index in [1.165, 1.54) is 11.8 Å². The van der Waals surface area contributed by atoms with Crippen LogP contribution in [0.25, 0.3) is 6.08 Å². The smallest absolute Gasteiger partial charge is 0.272 e. The summed E-state index contributed by atoms with van der Waals surface area (Å²) in [6.45, 7) is 0. The maximum atomic E-state index is 13.2. The van der Waals surface area contributed by atoms with Crippen molar-refractivity contribution in [1.29, 1.82) is 0 Å². The Balaban J connectivity index is 1.40. The van der Waals surface area contributed by atoms with Gasteiger partial charge >= 0.3 is 0 Å². The van der Waals surface area contributed by atoms with Crippen LogP contribution in [0.2, 0.25) is 5.02 Å². The van der Waals surface area contributed by atoms with Crippen LogP contribution in [0.4, 0.5) is 11.4 Å². The molecule has 0 aromatic heterocycles. The number of nitrogens with two attached hydrogens (primary N) is 1. The highest BCUT2D eigenvalue weighted by atomic mass is 35.5. The third kappa shape index (κ3) is 8.56. The van der Waals surface area contributed by atoms with Gasteiger partial charge in [0.1, 0.15) is 5.70 Å². The lowest BCUT2D eigenvalue weighted by molar-refractivity contribution is -0.114. The van der Waals surface area contributed by atoms with E-state index in [0.717, 1.165) is 4.90 Å². The topological polar surface area (TPSA) is 130 Å². The predicted molar refractivity (Wildman–Crippen MR) is 163 cm³/mol. The van der Waals surface area contributed by atoms with Crippen molar-refractivity contribution in [1.82, 2.24) is 5.32 Å². The predicted octanol–water partition coefficient (Wildman–Crippen LogP) is 5.58. The molecule has 41 heavy (non-hydrogen) atoms. The number of amides is 4. The number of carbonyl (C=O) groups is 4. The molecule has 8 nitrogen and oxygen atoms in total. The minimum Gasteiger partial charge on any atom is -0.366 e. The Labute approximate surface area is 246 Å². The fraction of sp³-hybridized carbons (Fsp3) is 0.0323. The molecule has 4 aromatic carbocycles. The molecule has 0 bridgehead atoms. The van der Waals surface area contributed by atoms with Crippen molar-refractivity contribution < 1.29 is 19.2 Å². The van der Waals surface area contributed by atoms with Gasteiger partial charge in [0.25, 0.3) is 17.7 Å². The molecule has 0 spiro atoms. The summed E-state index contributed by atoms with van der Waals surface area (Å²) >= 11 is 7.38. The summed E-state index contributed by atoms with van der Waals surface area (Å²) in [5.74, 6) is -1.79. The van der Waals surface area contributed by atoms with Crippen molar-refractivity contribution in [2.75, 3.05) is 16.4 Å². The van der Waals surface area contributed by atoms with Crippen LogP contribution in [0, 0.1) is 0 Å². The quantitative estimate of drug-likeness (QED) is 0.143. The van der Waals surface area contributed by atoms with E-state index in [1.807, 2.05) is 0 Å². The summed E-state index contributed by atoms with van der Waals surface area (Å²) < 4.78 is 0. The summed E-state index contributed by atoms with van der Waals surface area (Å²) in [5.41, 5.74) is 7.51. The fourth-order valence-corrected chi connectivity index (χ4v) is 4.58. The fourth-order valence-electron chi connectivity index (χ4n) is 3.68. The molecule has 4 amide bonds. The van der Waals surface area contributed by atoms with Crippen LogP contribution in [0.5, 0.6) is 0 Å². The largest absolute Gasteiger partial charge is 0.366 e. The molecule has 0 unspecified atom stereocenters. The van der Waals surface area contributed by atoms with Crippen molar-refractivity contribution in [2.24, 2.45) is 5.73 Å². The van der Waals surface area contributed by atoms with E-state index in [9.17, 15) is 19.2 Å². The lowest BCUT2D eigenvalue weighted by Gasteiger charge is -2.12. The molecule has 10 heteroatoms. The zero-order chi connectivity index (χ0) is 29.2. The summed E-state index contributed by atoms with van der Waals surface area (Å²) in [4.78, 5) is 50.8. The number of anilines is 2. The normalized spacial score (nSPS) is 10.9. The number of primary amides is 1. The Hall–Kier alpha value is -4.86. The average molecular weight is 585 g/mol. The minimum atomic E-state index is -0.628. The lowest BCUT2D eigenvalue weighted by Crippen LogP contribution is -2.30. The molecule has 0 saturated heterocycles. The highest BCUT2D eigenvalue weighted by Crippen LogP contribution is 2.22. The van der Waals surface area contributed by atoms with Crippen LogP contribution >= 0.6 is 23.4 Å². The Morgan fingerprint density at radius 3 is 2.22 bits per heavy atom. The third-order valence-electron chi connectivity index (χ3n) is 5.64. The monoisotopic (exact) mass is 584 g/mol. The Bertz CT molecular complexity index is 1610. The number of carbonyl (C=O) groups excluding carboxylic acids is 4. The highest BCUT2D eigenvalue weighted by Gasteiger charge is 2.16. The number of hydrogen-bond acceptors (Lipinski definition) is 5. The lowest BCUT2D eigenvalue weighted by atomic mass is 10.1. The van der Waals surface area contributed by atoms with E-state index in [1.54, 1.807) is 109 Å². The molecule has 0 fully saturated rings. The van der Waals surface area contributed by atoms with E-state index in [0.29, 0.717) is 27.5 Å². The van der Waals surface area contributed by atoms with Crippen LogP contribution in [-0.2, 0) is 9.59 Å². The molecule has 5 N–H and O–H groups in total. The summed E-state index contributed by atoms with van der Waals surface area (Å²) in [5, 5.41) is 8.66. The summed E-state index contributed by atoms with van der Waals surface area (Å²) in [6, 6.07) is 28.9. The first-order valence-electron chi connectivity index (χ1n) is 12.3. The van der Waals surface area contributed by atoms with Crippen molar-refractivity contribution in [3.05, 3.63) is 131 Å². The van der Waals surface area contributed by atoms with Gasteiger partial charge in [-0.05, 0) is 72.3 Å². The van der Waals surface area contributed by atoms with Gasteiger partial charge in [0, 0.05) is 21.2 Å². The number of nitrogens with one attached hydrogen (secondary N) is 3. The molecule has 0 radical (unpaired) electrons. The summed E-state index contributed by atoms with van der Waals surface area (Å²) in [7, 11) is 0. The van der Waals surface area contributed by atoms with Gasteiger partial charge in [0.15, 0.2) is 0 Å². The molecule has 0 atom stereocenters. The molecule has 4 rings (SSSR count). The third-order valence-corrected chi connectivity index (χ3v) is 6.88. The zero-order valence-electron chi connectivity index (χ0n) is 21.6. The van der Waals surface area contributed by atoms with Gasteiger partial charge in [0.2, 0.25) is 5.91 Å². The SMILES string of the molecule is NC(=O)c1ccccc1NC(=O)CSc1ccc(NC(=O)/C(=C/c2cccc(Cl)c2)NC(=O)c2ccccc2)cc1. The van der Waals surface area contributed by atoms with Crippen molar-refractivity contribution >= 4 is 64.4 Å². The molecule has 0 aliphatic carbocycles. The van der Waals surface area contributed by atoms with Crippen LogP contribution in [0.15, 0.2) is 114 Å². The Morgan fingerprint density at radius 1 is 0.805 bits per heavy atom. The molecule has 4 aromatic rings. The van der Waals surface area contributed by atoms with Gasteiger partial charge in [-0.1, -0.05) is 54.1 Å². The van der Waals surface area contributed by atoms with Gasteiger partial charge in [0.05, 0.1) is 17.0 Å². The zero-order valence-corrected chi connectivity index (χ0v) is 23.2.